The number of nitrogens with two attached hydrogens (primary N) is 1. The van der Waals surface area contributed by atoms with E-state index in [0.717, 1.165) is 15.8 Å². The predicted octanol–water partition coefficient (Wildman–Crippen LogP) is 2.88. The summed E-state index contributed by atoms with van der Waals surface area (Å²) in [7, 11) is 0. The molecular formula is C24H24FN7O2. The lowest BCUT2D eigenvalue weighted by Gasteiger charge is -2.18. The molecule has 9 nitrogen and oxygen atoms in total. The third-order valence-corrected chi connectivity index (χ3v) is 5.27. The third kappa shape index (κ3) is 5.01. The van der Waals surface area contributed by atoms with Crippen LogP contribution in [-0.4, -0.2) is 37.2 Å². The number of ether oxygens (including phenoxy) is 1. The van der Waals surface area contributed by atoms with Crippen LogP contribution in [0.5, 0.6) is 5.75 Å². The smallest absolute Gasteiger partial charge is 0.350 e. The molecule has 0 bridgehead atoms. The van der Waals surface area contributed by atoms with E-state index in [4.69, 9.17) is 15.9 Å². The van der Waals surface area contributed by atoms with Gasteiger partial charge in [0, 0.05) is 23.9 Å². The number of aromatic nitrogens is 5. The van der Waals surface area contributed by atoms with Gasteiger partial charge >= 0.3 is 5.69 Å². The minimum atomic E-state index is -0.656. The van der Waals surface area contributed by atoms with Crippen LogP contribution >= 0.6 is 0 Å². The summed E-state index contributed by atoms with van der Waals surface area (Å²) in [5, 5.41) is 12.1. The van der Waals surface area contributed by atoms with E-state index in [1.165, 1.54) is 12.4 Å². The Morgan fingerprint density at radius 2 is 1.91 bits per heavy atom. The molecule has 0 aliphatic carbocycles. The number of amidine groups is 1. The number of hydrogen-bond donors (Lipinski definition) is 3. The Bertz CT molecular complexity index is 1330. The Morgan fingerprint density at radius 3 is 2.56 bits per heavy atom. The summed E-state index contributed by atoms with van der Waals surface area (Å²) >= 11 is 0. The molecule has 0 saturated heterocycles. The minimum Gasteiger partial charge on any atom is -0.494 e. The molecule has 0 spiro atoms. The van der Waals surface area contributed by atoms with Crippen LogP contribution in [0.3, 0.4) is 0 Å². The molecule has 2 aromatic heterocycles. The van der Waals surface area contributed by atoms with Gasteiger partial charge in [-0.1, -0.05) is 30.3 Å². The van der Waals surface area contributed by atoms with Crippen molar-refractivity contribution in [2.45, 2.75) is 25.9 Å². The predicted molar refractivity (Wildman–Crippen MR) is 125 cm³/mol. The minimum absolute atomic E-state index is 0.0222. The number of H-pyrrole nitrogens is 1. The molecule has 4 N–H and O–H groups in total. The van der Waals surface area contributed by atoms with Gasteiger partial charge in [-0.15, -0.1) is 9.78 Å². The first-order valence-corrected chi connectivity index (χ1v) is 10.7. The van der Waals surface area contributed by atoms with Crippen molar-refractivity contribution in [3.05, 3.63) is 99.5 Å². The van der Waals surface area contributed by atoms with Crippen LogP contribution in [0, 0.1) is 5.41 Å². The van der Waals surface area contributed by atoms with E-state index in [0.29, 0.717) is 35.7 Å². The maximum Gasteiger partial charge on any atom is 0.350 e. The quantitative estimate of drug-likeness (QED) is 0.259. The van der Waals surface area contributed by atoms with Gasteiger partial charge in [-0.25, -0.2) is 19.2 Å². The van der Waals surface area contributed by atoms with Crippen molar-refractivity contribution in [1.82, 2.24) is 24.7 Å². The number of halogens is 1. The molecule has 0 saturated carbocycles. The van der Waals surface area contributed by atoms with Crippen LogP contribution in [0.1, 0.15) is 40.9 Å². The van der Waals surface area contributed by atoms with Crippen molar-refractivity contribution in [2.24, 2.45) is 5.73 Å². The molecule has 0 fully saturated rings. The fraction of sp³-hybridized carbons (Fsp3) is 0.208. The molecule has 4 rings (SSSR count). The maximum absolute atomic E-state index is 13.6. The van der Waals surface area contributed by atoms with Gasteiger partial charge in [0.2, 0.25) is 0 Å². The largest absolute Gasteiger partial charge is 0.494 e. The Kier molecular flexibility index (Phi) is 6.77. The number of hydrogen-bond acceptors (Lipinski definition) is 6. The zero-order valence-electron chi connectivity index (χ0n) is 18.5. The maximum atomic E-state index is 13.6. The zero-order valence-corrected chi connectivity index (χ0v) is 18.5. The van der Waals surface area contributed by atoms with E-state index in [-0.39, 0.29) is 11.8 Å². The highest BCUT2D eigenvalue weighted by atomic mass is 19.1. The summed E-state index contributed by atoms with van der Waals surface area (Å²) in [6.07, 6.45) is 3.49. The van der Waals surface area contributed by atoms with Gasteiger partial charge in [0.05, 0.1) is 6.61 Å². The van der Waals surface area contributed by atoms with E-state index in [9.17, 15) is 9.18 Å². The normalized spacial score (nSPS) is 11.8. The summed E-state index contributed by atoms with van der Waals surface area (Å²) < 4.78 is 20.4. The molecule has 4 aromatic rings. The number of benzene rings is 2. The summed E-state index contributed by atoms with van der Waals surface area (Å²) in [6, 6.07) is 14.1. The van der Waals surface area contributed by atoms with Crippen LogP contribution in [-0.2, 0) is 13.1 Å². The summed E-state index contributed by atoms with van der Waals surface area (Å²) in [5.41, 5.74) is 7.82. The topological polar surface area (TPSA) is 136 Å². The van der Waals surface area contributed by atoms with Crippen molar-refractivity contribution in [3.63, 3.8) is 0 Å². The lowest BCUT2D eigenvalue weighted by atomic mass is 9.90. The molecule has 10 heteroatoms. The average Bonchev–Trinajstić information content (AvgIpc) is 3.24. The lowest BCUT2D eigenvalue weighted by molar-refractivity contribution is 0.338. The Labute approximate surface area is 195 Å². The monoisotopic (exact) mass is 461 g/mol. The third-order valence-electron chi connectivity index (χ3n) is 5.27. The molecule has 1 unspecified atom stereocenters. The van der Waals surface area contributed by atoms with E-state index in [2.05, 4.69) is 20.1 Å². The van der Waals surface area contributed by atoms with Crippen molar-refractivity contribution >= 4 is 5.84 Å². The molecule has 174 valence electrons. The van der Waals surface area contributed by atoms with Crippen molar-refractivity contribution in [2.75, 3.05) is 6.61 Å². The van der Waals surface area contributed by atoms with Crippen molar-refractivity contribution < 1.29 is 9.13 Å². The average molecular weight is 462 g/mol. The van der Waals surface area contributed by atoms with Crippen molar-refractivity contribution in [1.29, 1.82) is 5.41 Å². The van der Waals surface area contributed by atoms with Gasteiger partial charge in [0.1, 0.15) is 24.1 Å². The fourth-order valence-electron chi connectivity index (χ4n) is 3.68. The molecule has 0 aliphatic rings. The molecule has 0 aliphatic heterocycles. The molecule has 0 radical (unpaired) electrons. The highest BCUT2D eigenvalue weighted by Crippen LogP contribution is 2.30. The van der Waals surface area contributed by atoms with Crippen LogP contribution in [0.2, 0.25) is 0 Å². The number of nitrogens with one attached hydrogen (secondary N) is 2. The zero-order chi connectivity index (χ0) is 24.1. The number of rotatable bonds is 9. The SMILES string of the molecule is CCOc1cc(CF)cc(C(Cc2ccc(C(=N)N)cc2)c2nn(-c3ncccn3)c(=O)[nH]2)c1. The van der Waals surface area contributed by atoms with Crippen LogP contribution in [0.15, 0.2) is 65.7 Å². The van der Waals surface area contributed by atoms with E-state index < -0.39 is 18.3 Å². The first-order chi connectivity index (χ1) is 16.5. The number of alkyl halides is 1. The summed E-state index contributed by atoms with van der Waals surface area (Å²) in [4.78, 5) is 23.7. The first-order valence-electron chi connectivity index (χ1n) is 10.7. The van der Waals surface area contributed by atoms with Crippen LogP contribution in [0.25, 0.3) is 5.95 Å². The molecule has 2 heterocycles. The molecule has 2 aromatic carbocycles. The van der Waals surface area contributed by atoms with Gasteiger partial charge in [-0.2, -0.15) is 0 Å². The lowest BCUT2D eigenvalue weighted by Crippen LogP contribution is -2.18. The van der Waals surface area contributed by atoms with E-state index in [1.54, 1.807) is 30.3 Å². The number of nitrogen functional groups attached to an aromatic ring is 1. The molecular weight excluding hydrogens is 437 g/mol. The number of nitrogens with zero attached hydrogens (tertiary/aromatic N) is 4. The second-order valence-electron chi connectivity index (χ2n) is 7.62. The van der Waals surface area contributed by atoms with Gasteiger partial charge in [0.25, 0.3) is 5.95 Å². The molecule has 0 amide bonds. The highest BCUT2D eigenvalue weighted by Gasteiger charge is 2.23. The fourth-order valence-corrected chi connectivity index (χ4v) is 3.68. The summed E-state index contributed by atoms with van der Waals surface area (Å²) in [5.74, 6) is 0.619. The second kappa shape index (κ2) is 10.1. The Morgan fingerprint density at radius 1 is 1.18 bits per heavy atom. The van der Waals surface area contributed by atoms with Gasteiger partial charge in [0.15, 0.2) is 0 Å². The number of aromatic amines is 1. The van der Waals surface area contributed by atoms with Crippen LogP contribution < -0.4 is 16.2 Å². The van der Waals surface area contributed by atoms with E-state index in [1.807, 2.05) is 25.1 Å². The van der Waals surface area contributed by atoms with Gasteiger partial charge in [-0.3, -0.25) is 10.4 Å². The Balaban J connectivity index is 1.80. The van der Waals surface area contributed by atoms with Gasteiger partial charge < -0.3 is 10.5 Å². The standard InChI is InChI=1S/C24H24FN7O2/c1-2-34-19-11-16(14-25)10-18(13-19)20(12-15-4-6-17(7-5-15)21(26)27)22-30-24(33)32(31-22)23-28-8-3-9-29-23/h3-11,13,20H,2,12,14H2,1H3,(H3,26,27)(H,30,31,33). The van der Waals surface area contributed by atoms with Crippen LogP contribution in [0.4, 0.5) is 4.39 Å². The van der Waals surface area contributed by atoms with Crippen molar-refractivity contribution in [3.8, 4) is 11.7 Å². The second-order valence-corrected chi connectivity index (χ2v) is 7.62. The summed E-state index contributed by atoms with van der Waals surface area (Å²) in [6.45, 7) is 1.63. The first kappa shape index (κ1) is 22.8. The Hall–Kier alpha value is -4.34. The molecule has 1 atom stereocenters. The van der Waals surface area contributed by atoms with E-state index >= 15 is 0 Å². The highest BCUT2D eigenvalue weighted by molar-refractivity contribution is 5.94. The van der Waals surface area contributed by atoms with Gasteiger partial charge in [-0.05, 0) is 48.2 Å². The molecule has 34 heavy (non-hydrogen) atoms.